The Morgan fingerprint density at radius 3 is 2.52 bits per heavy atom. The van der Waals surface area contributed by atoms with Gasteiger partial charge in [-0.3, -0.25) is 0 Å². The highest BCUT2D eigenvalue weighted by Crippen LogP contribution is 2.30. The molecule has 3 aliphatic heterocycles. The van der Waals surface area contributed by atoms with Gasteiger partial charge in [0, 0.05) is 51.6 Å². The fraction of sp³-hybridized carbons (Fsp3) is 0.778. The van der Waals surface area contributed by atoms with Crippen LogP contribution in [0.1, 0.15) is 12.0 Å². The van der Waals surface area contributed by atoms with Gasteiger partial charge in [0.15, 0.2) is 0 Å². The standard InChI is InChI=1S/C14H23N5OS.C4H9NO/c1-18-5-7-19(8-6-18)14-16-12(15-4-10-21)11-3-2-9-20-13(11)17-14;1-3-6-4-2-5-1/h21H,2-10H2,1H3,(H,15,16,17);5H,1-4H2. The monoisotopic (exact) mass is 396 g/mol. The molecule has 0 aliphatic carbocycles. The second-order valence-electron chi connectivity index (χ2n) is 6.91. The Morgan fingerprint density at radius 2 is 1.89 bits per heavy atom. The largest absolute Gasteiger partial charge is 0.477 e. The number of hydrogen-bond acceptors (Lipinski definition) is 9. The molecule has 152 valence electrons. The van der Waals surface area contributed by atoms with Crippen LogP contribution in [0.15, 0.2) is 0 Å². The summed E-state index contributed by atoms with van der Waals surface area (Å²) in [4.78, 5) is 14.0. The first kappa shape index (κ1) is 20.4. The van der Waals surface area contributed by atoms with Crippen molar-refractivity contribution < 1.29 is 9.47 Å². The number of likely N-dealkylation sites (N-methyl/N-ethyl adjacent to an activating group) is 1. The molecule has 0 amide bonds. The van der Waals surface area contributed by atoms with Gasteiger partial charge in [0.1, 0.15) is 5.82 Å². The van der Waals surface area contributed by atoms with Gasteiger partial charge in [-0.2, -0.15) is 22.6 Å². The molecule has 3 aliphatic rings. The Balaban J connectivity index is 0.000000299. The van der Waals surface area contributed by atoms with Gasteiger partial charge in [-0.05, 0) is 19.9 Å². The Morgan fingerprint density at radius 1 is 1.11 bits per heavy atom. The minimum atomic E-state index is 0.748. The fourth-order valence-electron chi connectivity index (χ4n) is 3.20. The Hall–Kier alpha value is -1.29. The van der Waals surface area contributed by atoms with Crippen LogP contribution in [0.25, 0.3) is 0 Å². The van der Waals surface area contributed by atoms with Gasteiger partial charge in [-0.1, -0.05) is 0 Å². The van der Waals surface area contributed by atoms with Crippen molar-refractivity contribution in [1.82, 2.24) is 20.2 Å². The number of thiol groups is 1. The summed E-state index contributed by atoms with van der Waals surface area (Å²) >= 11 is 4.26. The Bertz CT molecular complexity index is 568. The van der Waals surface area contributed by atoms with Crippen LogP contribution in [0.4, 0.5) is 11.8 Å². The van der Waals surface area contributed by atoms with Crippen molar-refractivity contribution >= 4 is 24.4 Å². The molecule has 0 aromatic carbocycles. The first-order chi connectivity index (χ1) is 13.3. The van der Waals surface area contributed by atoms with Gasteiger partial charge in [0.2, 0.25) is 11.8 Å². The molecule has 0 spiro atoms. The summed E-state index contributed by atoms with van der Waals surface area (Å²) in [5, 5.41) is 6.53. The highest BCUT2D eigenvalue weighted by molar-refractivity contribution is 7.80. The van der Waals surface area contributed by atoms with Gasteiger partial charge in [-0.25, -0.2) is 0 Å². The molecule has 2 saturated heterocycles. The third kappa shape index (κ3) is 6.10. The van der Waals surface area contributed by atoms with Crippen LogP contribution in [-0.2, 0) is 11.2 Å². The highest BCUT2D eigenvalue weighted by atomic mass is 32.1. The van der Waals surface area contributed by atoms with Crippen LogP contribution < -0.4 is 20.3 Å². The Kier molecular flexibility index (Phi) is 8.25. The number of aromatic nitrogens is 2. The minimum Gasteiger partial charge on any atom is -0.477 e. The van der Waals surface area contributed by atoms with Gasteiger partial charge < -0.3 is 29.9 Å². The number of nitrogens with zero attached hydrogens (tertiary/aromatic N) is 4. The topological polar surface area (TPSA) is 74.8 Å². The maximum atomic E-state index is 5.75. The lowest BCUT2D eigenvalue weighted by molar-refractivity contribution is 0.109. The number of anilines is 2. The van der Waals surface area contributed by atoms with Crippen LogP contribution in [0.3, 0.4) is 0 Å². The van der Waals surface area contributed by atoms with Crippen LogP contribution >= 0.6 is 12.6 Å². The molecule has 1 aromatic heterocycles. The molecule has 0 radical (unpaired) electrons. The van der Waals surface area contributed by atoms with Gasteiger partial charge >= 0.3 is 0 Å². The van der Waals surface area contributed by atoms with E-state index in [-0.39, 0.29) is 0 Å². The summed E-state index contributed by atoms with van der Waals surface area (Å²) in [5.74, 6) is 3.24. The molecule has 0 unspecified atom stereocenters. The van der Waals surface area contributed by atoms with E-state index < -0.39 is 0 Å². The number of ether oxygens (including phenoxy) is 2. The van der Waals surface area contributed by atoms with E-state index in [2.05, 4.69) is 45.1 Å². The van der Waals surface area contributed by atoms with Crippen molar-refractivity contribution in [3.63, 3.8) is 0 Å². The normalized spacial score (nSPS) is 20.1. The van der Waals surface area contributed by atoms with E-state index in [1.54, 1.807) is 0 Å². The first-order valence-corrected chi connectivity index (χ1v) is 10.5. The third-order valence-corrected chi connectivity index (χ3v) is 5.03. The zero-order chi connectivity index (χ0) is 18.9. The summed E-state index contributed by atoms with van der Waals surface area (Å²) in [7, 11) is 2.15. The van der Waals surface area contributed by atoms with E-state index in [0.717, 1.165) is 107 Å². The summed E-state index contributed by atoms with van der Waals surface area (Å²) in [6, 6.07) is 0. The average molecular weight is 397 g/mol. The molecular formula is C18H32N6O2S. The zero-order valence-corrected chi connectivity index (χ0v) is 17.1. The number of rotatable bonds is 4. The van der Waals surface area contributed by atoms with E-state index >= 15 is 0 Å². The van der Waals surface area contributed by atoms with Crippen molar-refractivity contribution in [3.05, 3.63) is 5.56 Å². The quantitative estimate of drug-likeness (QED) is 0.636. The van der Waals surface area contributed by atoms with Crippen molar-refractivity contribution in [2.75, 3.05) is 88.7 Å². The van der Waals surface area contributed by atoms with Crippen molar-refractivity contribution in [3.8, 4) is 5.88 Å². The molecule has 8 nitrogen and oxygen atoms in total. The summed E-state index contributed by atoms with van der Waals surface area (Å²) in [6.07, 6.45) is 2.01. The maximum absolute atomic E-state index is 5.75. The molecule has 0 bridgehead atoms. The zero-order valence-electron chi connectivity index (χ0n) is 16.2. The molecule has 2 N–H and O–H groups in total. The second kappa shape index (κ2) is 10.9. The van der Waals surface area contributed by atoms with Crippen LogP contribution in [0, 0.1) is 0 Å². The molecule has 2 fully saturated rings. The summed E-state index contributed by atoms with van der Waals surface area (Å²) in [5.41, 5.74) is 1.11. The highest BCUT2D eigenvalue weighted by Gasteiger charge is 2.23. The van der Waals surface area contributed by atoms with E-state index in [4.69, 9.17) is 14.5 Å². The molecule has 0 saturated carbocycles. The molecular weight excluding hydrogens is 364 g/mol. The van der Waals surface area contributed by atoms with E-state index in [1.807, 2.05) is 0 Å². The lowest BCUT2D eigenvalue weighted by Crippen LogP contribution is -2.45. The molecule has 27 heavy (non-hydrogen) atoms. The number of nitrogens with one attached hydrogen (secondary N) is 2. The number of piperazine rings is 1. The molecule has 0 atom stereocenters. The predicted octanol–water partition coefficient (Wildman–Crippen LogP) is 0.501. The van der Waals surface area contributed by atoms with Gasteiger partial charge in [0.05, 0.1) is 25.4 Å². The smallest absolute Gasteiger partial charge is 0.230 e. The lowest BCUT2D eigenvalue weighted by atomic mass is 10.1. The number of fused-ring (bicyclic) bond motifs is 1. The maximum Gasteiger partial charge on any atom is 0.230 e. The number of morpholine rings is 1. The van der Waals surface area contributed by atoms with Crippen molar-refractivity contribution in [2.45, 2.75) is 12.8 Å². The third-order valence-electron chi connectivity index (χ3n) is 4.80. The summed E-state index contributed by atoms with van der Waals surface area (Å²) < 4.78 is 10.8. The lowest BCUT2D eigenvalue weighted by Gasteiger charge is -2.33. The van der Waals surface area contributed by atoms with Crippen molar-refractivity contribution in [1.29, 1.82) is 0 Å². The average Bonchev–Trinajstić information content (AvgIpc) is 2.74. The predicted molar refractivity (Wildman–Crippen MR) is 112 cm³/mol. The molecule has 9 heteroatoms. The number of hydrogen-bond donors (Lipinski definition) is 3. The fourth-order valence-corrected chi connectivity index (χ4v) is 3.31. The van der Waals surface area contributed by atoms with Crippen molar-refractivity contribution in [2.24, 2.45) is 0 Å². The molecule has 1 aromatic rings. The molecule has 4 heterocycles. The van der Waals surface area contributed by atoms with E-state index in [0.29, 0.717) is 0 Å². The SMILES string of the molecule is C1COCCN1.CN1CCN(c2nc(NCCS)c3c(n2)OCCC3)CC1. The van der Waals surface area contributed by atoms with E-state index in [1.165, 1.54) is 0 Å². The Labute approximate surface area is 167 Å². The minimum absolute atomic E-state index is 0.748. The molecule has 4 rings (SSSR count). The van der Waals surface area contributed by atoms with Gasteiger partial charge in [-0.15, -0.1) is 0 Å². The second-order valence-corrected chi connectivity index (χ2v) is 7.36. The first-order valence-electron chi connectivity index (χ1n) is 9.88. The van der Waals surface area contributed by atoms with Gasteiger partial charge in [0.25, 0.3) is 0 Å². The van der Waals surface area contributed by atoms with Crippen LogP contribution in [0.2, 0.25) is 0 Å². The van der Waals surface area contributed by atoms with Crippen LogP contribution in [0.5, 0.6) is 5.88 Å². The van der Waals surface area contributed by atoms with E-state index in [9.17, 15) is 0 Å². The van der Waals surface area contributed by atoms with Crippen LogP contribution in [-0.4, -0.2) is 93.3 Å². The summed E-state index contributed by atoms with van der Waals surface area (Å²) in [6.45, 7) is 9.39.